The second-order valence-electron chi connectivity index (χ2n) is 4.34. The number of carbonyl (C=O) groups is 2. The van der Waals surface area contributed by atoms with Crippen LogP contribution in [0.2, 0.25) is 0 Å². The van der Waals surface area contributed by atoms with E-state index >= 15 is 0 Å². The van der Waals surface area contributed by atoms with Gasteiger partial charge in [-0.25, -0.2) is 0 Å². The van der Waals surface area contributed by atoms with Crippen molar-refractivity contribution < 1.29 is 14.3 Å². The highest BCUT2D eigenvalue weighted by Gasteiger charge is 2.29. The van der Waals surface area contributed by atoms with Crippen molar-refractivity contribution >= 4 is 11.9 Å². The Hall–Kier alpha value is -0.900. The van der Waals surface area contributed by atoms with Gasteiger partial charge in [-0.15, -0.1) is 0 Å². The SMILES string of the molecule is CCCCC(CCC)N1CC(=O)OC(=O)C1. The van der Waals surface area contributed by atoms with Gasteiger partial charge < -0.3 is 4.74 Å². The number of ether oxygens (including phenoxy) is 1. The third kappa shape index (κ3) is 3.93. The predicted octanol–water partition coefficient (Wildman–Crippen LogP) is 1.73. The van der Waals surface area contributed by atoms with Gasteiger partial charge in [0.25, 0.3) is 0 Å². The lowest BCUT2D eigenvalue weighted by Crippen LogP contribution is -2.48. The molecular formula is C12H21NO3. The van der Waals surface area contributed by atoms with Crippen LogP contribution in [-0.2, 0) is 14.3 Å². The van der Waals surface area contributed by atoms with Crippen LogP contribution in [0.5, 0.6) is 0 Å². The van der Waals surface area contributed by atoms with Crippen molar-refractivity contribution in [2.45, 2.75) is 52.0 Å². The molecule has 0 aromatic carbocycles. The summed E-state index contributed by atoms with van der Waals surface area (Å²) in [6, 6.07) is 0.349. The van der Waals surface area contributed by atoms with Crippen molar-refractivity contribution in [2.75, 3.05) is 13.1 Å². The van der Waals surface area contributed by atoms with Crippen molar-refractivity contribution in [2.24, 2.45) is 0 Å². The van der Waals surface area contributed by atoms with Gasteiger partial charge in [-0.1, -0.05) is 33.1 Å². The van der Waals surface area contributed by atoms with Crippen LogP contribution in [-0.4, -0.2) is 36.0 Å². The minimum atomic E-state index is -0.408. The summed E-state index contributed by atoms with van der Waals surface area (Å²) in [5.74, 6) is -0.817. The molecule has 16 heavy (non-hydrogen) atoms. The third-order valence-electron chi connectivity index (χ3n) is 2.92. The summed E-state index contributed by atoms with van der Waals surface area (Å²) >= 11 is 0. The van der Waals surface area contributed by atoms with E-state index in [0.717, 1.165) is 32.1 Å². The molecule has 1 aliphatic rings. The molecule has 0 amide bonds. The first-order valence-electron chi connectivity index (χ1n) is 6.14. The Morgan fingerprint density at radius 2 is 1.75 bits per heavy atom. The summed E-state index contributed by atoms with van der Waals surface area (Å²) in [7, 11) is 0. The summed E-state index contributed by atoms with van der Waals surface area (Å²) in [6.07, 6.45) is 5.47. The highest BCUT2D eigenvalue weighted by molar-refractivity contribution is 5.90. The number of cyclic esters (lactones) is 2. The number of hydrogen-bond donors (Lipinski definition) is 0. The smallest absolute Gasteiger partial charge is 0.327 e. The van der Waals surface area contributed by atoms with E-state index in [4.69, 9.17) is 0 Å². The highest BCUT2D eigenvalue weighted by Crippen LogP contribution is 2.16. The maximum Gasteiger partial charge on any atom is 0.327 e. The van der Waals surface area contributed by atoms with E-state index in [9.17, 15) is 9.59 Å². The molecule has 4 heteroatoms. The first-order chi connectivity index (χ1) is 7.67. The molecule has 0 aromatic rings. The van der Waals surface area contributed by atoms with Crippen molar-refractivity contribution in [3.63, 3.8) is 0 Å². The number of nitrogens with zero attached hydrogens (tertiary/aromatic N) is 1. The molecule has 1 fully saturated rings. The van der Waals surface area contributed by atoms with Crippen LogP contribution in [0, 0.1) is 0 Å². The number of carbonyl (C=O) groups excluding carboxylic acids is 2. The van der Waals surface area contributed by atoms with E-state index in [-0.39, 0.29) is 13.1 Å². The van der Waals surface area contributed by atoms with Crippen molar-refractivity contribution in [1.82, 2.24) is 4.90 Å². The van der Waals surface area contributed by atoms with Crippen LogP contribution in [0.1, 0.15) is 46.0 Å². The summed E-state index contributed by atoms with van der Waals surface area (Å²) < 4.78 is 4.53. The van der Waals surface area contributed by atoms with Crippen LogP contribution in [0.3, 0.4) is 0 Å². The van der Waals surface area contributed by atoms with Gasteiger partial charge in [-0.2, -0.15) is 0 Å². The average Bonchev–Trinajstić information content (AvgIpc) is 2.22. The van der Waals surface area contributed by atoms with E-state index in [1.807, 2.05) is 4.90 Å². The monoisotopic (exact) mass is 227 g/mol. The highest BCUT2D eigenvalue weighted by atomic mass is 16.6. The topological polar surface area (TPSA) is 46.6 Å². The Bertz CT molecular complexity index is 237. The lowest BCUT2D eigenvalue weighted by atomic mass is 10.0. The summed E-state index contributed by atoms with van der Waals surface area (Å²) in [6.45, 7) is 4.81. The molecule has 4 nitrogen and oxygen atoms in total. The fourth-order valence-electron chi connectivity index (χ4n) is 2.12. The number of rotatable bonds is 6. The molecule has 0 N–H and O–H groups in total. The van der Waals surface area contributed by atoms with Crippen LogP contribution >= 0.6 is 0 Å². The summed E-state index contributed by atoms with van der Waals surface area (Å²) in [4.78, 5) is 24.3. The average molecular weight is 227 g/mol. The number of morpholine rings is 1. The van der Waals surface area contributed by atoms with Crippen molar-refractivity contribution in [3.05, 3.63) is 0 Å². The maximum atomic E-state index is 11.2. The molecule has 1 atom stereocenters. The molecule has 1 saturated heterocycles. The minimum Gasteiger partial charge on any atom is -0.391 e. The fraction of sp³-hybridized carbons (Fsp3) is 0.833. The zero-order valence-corrected chi connectivity index (χ0v) is 10.2. The van der Waals surface area contributed by atoms with E-state index in [1.165, 1.54) is 0 Å². The lowest BCUT2D eigenvalue weighted by molar-refractivity contribution is -0.168. The number of unbranched alkanes of at least 4 members (excludes halogenated alkanes) is 1. The Kier molecular flexibility index (Phi) is 5.46. The Morgan fingerprint density at radius 1 is 1.12 bits per heavy atom. The molecule has 0 bridgehead atoms. The molecule has 0 spiro atoms. The lowest BCUT2D eigenvalue weighted by Gasteiger charge is -2.32. The Morgan fingerprint density at radius 3 is 2.25 bits per heavy atom. The third-order valence-corrected chi connectivity index (χ3v) is 2.92. The normalized spacial score (nSPS) is 19.6. The Balaban J connectivity index is 2.54. The van der Waals surface area contributed by atoms with E-state index in [2.05, 4.69) is 18.6 Å². The second-order valence-corrected chi connectivity index (χ2v) is 4.34. The van der Waals surface area contributed by atoms with Gasteiger partial charge in [0, 0.05) is 6.04 Å². The van der Waals surface area contributed by atoms with Crippen LogP contribution in [0.15, 0.2) is 0 Å². The van der Waals surface area contributed by atoms with E-state index in [0.29, 0.717) is 6.04 Å². The Labute approximate surface area is 96.9 Å². The summed E-state index contributed by atoms with van der Waals surface area (Å²) in [5, 5.41) is 0. The molecule has 1 aliphatic heterocycles. The first-order valence-corrected chi connectivity index (χ1v) is 6.14. The van der Waals surface area contributed by atoms with Crippen LogP contribution in [0.4, 0.5) is 0 Å². The quantitative estimate of drug-likeness (QED) is 0.512. The van der Waals surface area contributed by atoms with Gasteiger partial charge in [-0.05, 0) is 12.8 Å². The predicted molar refractivity (Wildman–Crippen MR) is 60.9 cm³/mol. The maximum absolute atomic E-state index is 11.2. The van der Waals surface area contributed by atoms with Gasteiger partial charge in [0.1, 0.15) is 0 Å². The number of esters is 2. The zero-order chi connectivity index (χ0) is 12.0. The molecule has 1 unspecified atom stereocenters. The standard InChI is InChI=1S/C12H21NO3/c1-3-5-7-10(6-4-2)13-8-11(14)16-12(15)9-13/h10H,3-9H2,1-2H3. The largest absolute Gasteiger partial charge is 0.391 e. The molecule has 0 saturated carbocycles. The number of hydrogen-bond acceptors (Lipinski definition) is 4. The van der Waals surface area contributed by atoms with Gasteiger partial charge in [0.15, 0.2) is 0 Å². The molecule has 1 rings (SSSR count). The molecule has 0 radical (unpaired) electrons. The van der Waals surface area contributed by atoms with Gasteiger partial charge in [0.05, 0.1) is 13.1 Å². The fourth-order valence-corrected chi connectivity index (χ4v) is 2.12. The molecule has 0 aliphatic carbocycles. The zero-order valence-electron chi connectivity index (χ0n) is 10.2. The van der Waals surface area contributed by atoms with Gasteiger partial charge >= 0.3 is 11.9 Å². The van der Waals surface area contributed by atoms with E-state index in [1.54, 1.807) is 0 Å². The van der Waals surface area contributed by atoms with Gasteiger partial charge in [0.2, 0.25) is 0 Å². The van der Waals surface area contributed by atoms with Crippen LogP contribution in [0.25, 0.3) is 0 Å². The van der Waals surface area contributed by atoms with Crippen LogP contribution < -0.4 is 0 Å². The van der Waals surface area contributed by atoms with Crippen molar-refractivity contribution in [1.29, 1.82) is 0 Å². The molecule has 0 aromatic heterocycles. The molecule has 1 heterocycles. The van der Waals surface area contributed by atoms with E-state index < -0.39 is 11.9 Å². The summed E-state index contributed by atoms with van der Waals surface area (Å²) in [5.41, 5.74) is 0. The minimum absolute atomic E-state index is 0.264. The second kappa shape index (κ2) is 6.63. The molecular weight excluding hydrogens is 206 g/mol. The van der Waals surface area contributed by atoms with Crippen molar-refractivity contribution in [3.8, 4) is 0 Å². The van der Waals surface area contributed by atoms with Gasteiger partial charge in [-0.3, -0.25) is 14.5 Å². The molecule has 92 valence electrons. The first kappa shape index (κ1) is 13.2.